The summed E-state index contributed by atoms with van der Waals surface area (Å²) in [6.07, 6.45) is 0. The molecule has 120 valence electrons. The molecule has 0 fully saturated rings. The first-order valence-corrected chi connectivity index (χ1v) is 8.03. The number of benzene rings is 2. The molecule has 2 aromatic carbocycles. The molecule has 1 aromatic heterocycles. The number of carbonyl (C=O) groups is 1. The molecule has 0 atom stereocenters. The van der Waals surface area contributed by atoms with Crippen LogP contribution in [-0.4, -0.2) is 22.9 Å². The maximum Gasteiger partial charge on any atom is 0.335 e. The van der Waals surface area contributed by atoms with Crippen LogP contribution in [0.1, 0.15) is 10.4 Å². The quantitative estimate of drug-likeness (QED) is 0.748. The van der Waals surface area contributed by atoms with Crippen molar-refractivity contribution >= 4 is 28.1 Å². The molecule has 6 nitrogen and oxygen atoms in total. The number of anilines is 2. The molecule has 0 aliphatic carbocycles. The fourth-order valence-electron chi connectivity index (χ4n) is 2.34. The van der Waals surface area contributed by atoms with E-state index in [1.54, 1.807) is 24.3 Å². The Hall–Kier alpha value is -3.06. The van der Waals surface area contributed by atoms with E-state index >= 15 is 0 Å². The molecule has 0 saturated carbocycles. The minimum absolute atomic E-state index is 0.245. The molecular formula is C17H12N2O4S. The fourth-order valence-corrected chi connectivity index (χ4v) is 3.08. The van der Waals surface area contributed by atoms with Gasteiger partial charge in [0.2, 0.25) is 6.79 Å². The minimum Gasteiger partial charge on any atom is -0.478 e. The van der Waals surface area contributed by atoms with Crippen LogP contribution in [0, 0.1) is 0 Å². The van der Waals surface area contributed by atoms with Crippen molar-refractivity contribution < 1.29 is 19.4 Å². The number of hydrogen-bond acceptors (Lipinski definition) is 6. The Morgan fingerprint density at radius 1 is 1.12 bits per heavy atom. The molecule has 2 N–H and O–H groups in total. The molecule has 0 unspecified atom stereocenters. The van der Waals surface area contributed by atoms with Gasteiger partial charge in [-0.25, -0.2) is 9.78 Å². The SMILES string of the molecule is O=C(O)c1ccc(Nc2nc(-c3ccc4c(c3)OCO4)cs2)cc1. The second-order valence-electron chi connectivity index (χ2n) is 5.11. The minimum atomic E-state index is -0.944. The summed E-state index contributed by atoms with van der Waals surface area (Å²) in [5.74, 6) is 0.519. The van der Waals surface area contributed by atoms with Crippen LogP contribution in [0.5, 0.6) is 11.5 Å². The Bertz CT molecular complexity index is 905. The lowest BCUT2D eigenvalue weighted by atomic mass is 10.1. The van der Waals surface area contributed by atoms with E-state index in [0.29, 0.717) is 0 Å². The zero-order valence-electron chi connectivity index (χ0n) is 12.4. The van der Waals surface area contributed by atoms with E-state index in [1.807, 2.05) is 23.6 Å². The van der Waals surface area contributed by atoms with Crippen molar-refractivity contribution in [3.05, 3.63) is 53.4 Å². The zero-order valence-corrected chi connectivity index (χ0v) is 13.2. The van der Waals surface area contributed by atoms with Gasteiger partial charge < -0.3 is 19.9 Å². The Morgan fingerprint density at radius 2 is 1.92 bits per heavy atom. The van der Waals surface area contributed by atoms with Gasteiger partial charge in [0.25, 0.3) is 0 Å². The third kappa shape index (κ3) is 2.77. The number of aromatic nitrogens is 1. The second kappa shape index (κ2) is 5.86. The van der Waals surface area contributed by atoms with Crippen LogP contribution < -0.4 is 14.8 Å². The molecule has 0 bridgehead atoms. The summed E-state index contributed by atoms with van der Waals surface area (Å²) >= 11 is 1.47. The fraction of sp³-hybridized carbons (Fsp3) is 0.0588. The number of nitrogens with zero attached hydrogens (tertiary/aromatic N) is 1. The maximum absolute atomic E-state index is 10.9. The molecule has 7 heteroatoms. The molecule has 0 saturated heterocycles. The van der Waals surface area contributed by atoms with Crippen LogP contribution in [0.3, 0.4) is 0 Å². The highest BCUT2D eigenvalue weighted by Gasteiger charge is 2.15. The number of hydrogen-bond donors (Lipinski definition) is 2. The number of aromatic carboxylic acids is 1. The molecule has 4 rings (SSSR count). The molecule has 1 aliphatic heterocycles. The van der Waals surface area contributed by atoms with Gasteiger partial charge in [0.05, 0.1) is 11.3 Å². The monoisotopic (exact) mass is 340 g/mol. The van der Waals surface area contributed by atoms with Gasteiger partial charge in [0.15, 0.2) is 16.6 Å². The van der Waals surface area contributed by atoms with Gasteiger partial charge in [-0.1, -0.05) is 0 Å². The first-order chi connectivity index (χ1) is 11.7. The Labute approximate surface area is 141 Å². The molecule has 24 heavy (non-hydrogen) atoms. The van der Waals surface area contributed by atoms with Crippen molar-refractivity contribution in [2.75, 3.05) is 12.1 Å². The van der Waals surface area contributed by atoms with Gasteiger partial charge in [0, 0.05) is 16.6 Å². The van der Waals surface area contributed by atoms with E-state index in [-0.39, 0.29) is 12.4 Å². The second-order valence-corrected chi connectivity index (χ2v) is 5.97. The lowest BCUT2D eigenvalue weighted by Gasteiger charge is -2.03. The molecule has 0 amide bonds. The summed E-state index contributed by atoms with van der Waals surface area (Å²) in [6.45, 7) is 0.245. The third-order valence-electron chi connectivity index (χ3n) is 3.56. The number of fused-ring (bicyclic) bond motifs is 1. The lowest BCUT2D eigenvalue weighted by molar-refractivity contribution is 0.0697. The Kier molecular flexibility index (Phi) is 3.55. The van der Waals surface area contributed by atoms with E-state index in [1.165, 1.54) is 11.3 Å². The molecular weight excluding hydrogens is 328 g/mol. The number of nitrogens with one attached hydrogen (secondary N) is 1. The average Bonchev–Trinajstić information content (AvgIpc) is 3.23. The van der Waals surface area contributed by atoms with Crippen molar-refractivity contribution in [3.63, 3.8) is 0 Å². The third-order valence-corrected chi connectivity index (χ3v) is 4.31. The van der Waals surface area contributed by atoms with E-state index in [0.717, 1.165) is 33.6 Å². The van der Waals surface area contributed by atoms with Gasteiger partial charge in [-0.15, -0.1) is 11.3 Å². The smallest absolute Gasteiger partial charge is 0.335 e. The van der Waals surface area contributed by atoms with Crippen molar-refractivity contribution in [2.45, 2.75) is 0 Å². The molecule has 1 aliphatic rings. The van der Waals surface area contributed by atoms with Crippen molar-refractivity contribution in [1.82, 2.24) is 4.98 Å². The predicted molar refractivity (Wildman–Crippen MR) is 90.4 cm³/mol. The zero-order chi connectivity index (χ0) is 16.5. The van der Waals surface area contributed by atoms with Gasteiger partial charge >= 0.3 is 5.97 Å². The average molecular weight is 340 g/mol. The van der Waals surface area contributed by atoms with Crippen LogP contribution in [0.4, 0.5) is 10.8 Å². The van der Waals surface area contributed by atoms with Gasteiger partial charge in [0.1, 0.15) is 0 Å². The predicted octanol–water partition coefficient (Wildman–Crippen LogP) is 3.98. The van der Waals surface area contributed by atoms with Crippen LogP contribution in [0.25, 0.3) is 11.3 Å². The van der Waals surface area contributed by atoms with E-state index < -0.39 is 5.97 Å². The van der Waals surface area contributed by atoms with E-state index in [2.05, 4.69) is 10.3 Å². The van der Waals surface area contributed by atoms with Crippen molar-refractivity contribution in [3.8, 4) is 22.8 Å². The first kappa shape index (κ1) is 14.5. The molecule has 3 aromatic rings. The summed E-state index contributed by atoms with van der Waals surface area (Å²) in [4.78, 5) is 15.4. The lowest BCUT2D eigenvalue weighted by Crippen LogP contribution is -1.96. The Balaban J connectivity index is 1.53. The largest absolute Gasteiger partial charge is 0.478 e. The highest BCUT2D eigenvalue weighted by Crippen LogP contribution is 2.36. The highest BCUT2D eigenvalue weighted by atomic mass is 32.1. The van der Waals surface area contributed by atoms with Crippen LogP contribution >= 0.6 is 11.3 Å². The molecule has 2 heterocycles. The van der Waals surface area contributed by atoms with Gasteiger partial charge in [-0.05, 0) is 42.5 Å². The van der Waals surface area contributed by atoms with Crippen molar-refractivity contribution in [1.29, 1.82) is 0 Å². The van der Waals surface area contributed by atoms with E-state index in [9.17, 15) is 4.79 Å². The number of rotatable bonds is 4. The Morgan fingerprint density at radius 3 is 2.71 bits per heavy atom. The highest BCUT2D eigenvalue weighted by molar-refractivity contribution is 7.14. The van der Waals surface area contributed by atoms with Gasteiger partial charge in [-0.2, -0.15) is 0 Å². The normalized spacial score (nSPS) is 12.2. The van der Waals surface area contributed by atoms with E-state index in [4.69, 9.17) is 14.6 Å². The van der Waals surface area contributed by atoms with Crippen LogP contribution in [0.2, 0.25) is 0 Å². The maximum atomic E-state index is 10.9. The number of thiazole rings is 1. The standard InChI is InChI=1S/C17H12N2O4S/c20-16(21)10-1-4-12(5-2-10)18-17-19-13(8-24-17)11-3-6-14-15(7-11)23-9-22-14/h1-8H,9H2,(H,18,19)(H,20,21). The number of ether oxygens (including phenoxy) is 2. The topological polar surface area (TPSA) is 80.7 Å². The summed E-state index contributed by atoms with van der Waals surface area (Å²) in [6, 6.07) is 12.2. The summed E-state index contributed by atoms with van der Waals surface area (Å²) in [5.41, 5.74) is 2.82. The number of carboxylic acids is 1. The number of carboxylic acid groups (broad SMARTS) is 1. The summed E-state index contributed by atoms with van der Waals surface area (Å²) in [5, 5.41) is 14.8. The van der Waals surface area contributed by atoms with Crippen molar-refractivity contribution in [2.24, 2.45) is 0 Å². The molecule has 0 radical (unpaired) electrons. The van der Waals surface area contributed by atoms with Crippen LogP contribution in [-0.2, 0) is 0 Å². The summed E-state index contributed by atoms with van der Waals surface area (Å²) < 4.78 is 10.7. The first-order valence-electron chi connectivity index (χ1n) is 7.15. The summed E-state index contributed by atoms with van der Waals surface area (Å²) in [7, 11) is 0. The van der Waals surface area contributed by atoms with Gasteiger partial charge in [-0.3, -0.25) is 0 Å². The molecule has 0 spiro atoms. The van der Waals surface area contributed by atoms with Crippen LogP contribution in [0.15, 0.2) is 47.8 Å².